The van der Waals surface area contributed by atoms with Gasteiger partial charge in [0.25, 0.3) is 0 Å². The predicted octanol–water partition coefficient (Wildman–Crippen LogP) is 3.62. The van der Waals surface area contributed by atoms with Gasteiger partial charge in [0, 0.05) is 36.0 Å². The monoisotopic (exact) mass is 420 g/mol. The number of likely N-dealkylation sites (tertiary alicyclic amines) is 1. The smallest absolute Gasteiger partial charge is 0.222 e. The Morgan fingerprint density at radius 1 is 1.31 bits per heavy atom. The van der Waals surface area contributed by atoms with Crippen molar-refractivity contribution in [1.82, 2.24) is 4.90 Å². The molecule has 2 aromatic rings. The fourth-order valence-corrected chi connectivity index (χ4v) is 5.71. The summed E-state index contributed by atoms with van der Waals surface area (Å²) >= 11 is 1.22. The number of halogens is 2. The van der Waals surface area contributed by atoms with E-state index in [2.05, 4.69) is 4.90 Å². The predicted molar refractivity (Wildman–Crippen MR) is 109 cm³/mol. The molecular weight excluding hydrogens is 394 g/mol. The van der Waals surface area contributed by atoms with Crippen LogP contribution in [0.3, 0.4) is 0 Å². The molecule has 1 spiro atoms. The maximum atomic E-state index is 14.1. The van der Waals surface area contributed by atoms with Gasteiger partial charge in [-0.1, -0.05) is 18.2 Å². The molecule has 0 bridgehead atoms. The molecule has 4 nitrogen and oxygen atoms in total. The van der Waals surface area contributed by atoms with Crippen LogP contribution < -0.4 is 5.73 Å². The van der Waals surface area contributed by atoms with E-state index in [1.807, 2.05) is 6.92 Å². The van der Waals surface area contributed by atoms with Crippen LogP contribution in [0, 0.1) is 16.9 Å². The largest absolute Gasteiger partial charge is 0.370 e. The second-order valence-electron chi connectivity index (χ2n) is 8.06. The van der Waals surface area contributed by atoms with Crippen molar-refractivity contribution in [2.75, 3.05) is 19.7 Å². The Morgan fingerprint density at radius 3 is 2.72 bits per heavy atom. The fourth-order valence-electron chi connectivity index (χ4n) is 4.75. The zero-order valence-electron chi connectivity index (χ0n) is 16.5. The van der Waals surface area contributed by atoms with E-state index < -0.39 is 17.4 Å². The highest BCUT2D eigenvalue weighted by Gasteiger charge is 2.43. The lowest BCUT2D eigenvalue weighted by Gasteiger charge is -2.46. The quantitative estimate of drug-likeness (QED) is 0.804. The minimum absolute atomic E-state index is 0.119. The van der Waals surface area contributed by atoms with Crippen LogP contribution in [0.15, 0.2) is 30.3 Å². The van der Waals surface area contributed by atoms with Crippen molar-refractivity contribution in [1.29, 1.82) is 0 Å². The van der Waals surface area contributed by atoms with E-state index in [9.17, 15) is 13.6 Å². The number of thiophene rings is 1. The molecule has 4 rings (SSSR count). The molecule has 0 radical (unpaired) electrons. The van der Waals surface area contributed by atoms with Gasteiger partial charge in [0.2, 0.25) is 5.91 Å². The van der Waals surface area contributed by atoms with Crippen LogP contribution >= 0.6 is 11.3 Å². The highest BCUT2D eigenvalue weighted by atomic mass is 32.1. The third kappa shape index (κ3) is 3.96. The van der Waals surface area contributed by atoms with Crippen molar-refractivity contribution in [2.24, 2.45) is 11.7 Å². The number of fused-ring (bicyclic) bond motifs is 2. The first kappa shape index (κ1) is 20.4. The van der Waals surface area contributed by atoms with Gasteiger partial charge < -0.3 is 10.5 Å². The summed E-state index contributed by atoms with van der Waals surface area (Å²) in [5.74, 6) is -1.22. The van der Waals surface area contributed by atoms with Crippen LogP contribution in [0.5, 0.6) is 0 Å². The molecule has 2 aliphatic rings. The highest BCUT2D eigenvalue weighted by molar-refractivity contribution is 7.10. The molecule has 3 heterocycles. The van der Waals surface area contributed by atoms with E-state index in [-0.39, 0.29) is 23.4 Å². The van der Waals surface area contributed by atoms with Crippen molar-refractivity contribution < 1.29 is 18.3 Å². The molecule has 156 valence electrons. The Balaban J connectivity index is 1.47. The number of hydrogen-bond donors (Lipinski definition) is 1. The number of hydrogen-bond acceptors (Lipinski definition) is 4. The first-order valence-corrected chi connectivity index (χ1v) is 10.9. The van der Waals surface area contributed by atoms with Crippen LogP contribution in [0.25, 0.3) is 0 Å². The van der Waals surface area contributed by atoms with Crippen molar-refractivity contribution >= 4 is 17.2 Å². The Bertz CT molecular complexity index is 893. The number of rotatable bonds is 5. The first-order chi connectivity index (χ1) is 13.9. The molecule has 0 saturated carbocycles. The normalized spacial score (nSPS) is 20.9. The minimum atomic E-state index is -0.484. The molecule has 29 heavy (non-hydrogen) atoms. The molecule has 1 fully saturated rings. The lowest BCUT2D eigenvalue weighted by atomic mass is 9.81. The molecule has 1 aromatic heterocycles. The van der Waals surface area contributed by atoms with E-state index in [1.165, 1.54) is 17.4 Å². The van der Waals surface area contributed by atoms with Gasteiger partial charge in [0.15, 0.2) is 5.13 Å². The molecule has 2 atom stereocenters. The van der Waals surface area contributed by atoms with Crippen LogP contribution in [0.1, 0.15) is 35.8 Å². The molecule has 2 N–H and O–H groups in total. The fraction of sp³-hybridized carbons (Fsp3) is 0.500. The molecule has 1 saturated heterocycles. The van der Waals surface area contributed by atoms with E-state index in [4.69, 9.17) is 10.5 Å². The maximum absolute atomic E-state index is 14.1. The minimum Gasteiger partial charge on any atom is -0.370 e. The van der Waals surface area contributed by atoms with Crippen LogP contribution in [-0.4, -0.2) is 36.5 Å². The van der Waals surface area contributed by atoms with Crippen LogP contribution in [0.4, 0.5) is 8.78 Å². The molecule has 1 amide bonds. The second-order valence-corrected chi connectivity index (χ2v) is 9.15. The first-order valence-electron chi connectivity index (χ1n) is 10.1. The molecule has 0 aliphatic carbocycles. The summed E-state index contributed by atoms with van der Waals surface area (Å²) in [5, 5.41) is -0.158. The zero-order valence-corrected chi connectivity index (χ0v) is 17.3. The standard InChI is InChI=1S/C22H26F2N2O2S/c1-14(16(21(25)27)12-15-4-2-3-5-18(15)23)26-9-7-22(8-10-26)17-13-20(24)29-19(17)6-11-28-22/h2-5,13-14,16H,6-12H2,1H3,(H2,25,27). The molecule has 7 heteroatoms. The third-order valence-corrected chi connectivity index (χ3v) is 7.49. The lowest BCUT2D eigenvalue weighted by Crippen LogP contribution is -2.52. The van der Waals surface area contributed by atoms with Crippen molar-refractivity contribution in [3.63, 3.8) is 0 Å². The number of nitrogens with zero attached hydrogens (tertiary/aromatic N) is 1. The number of nitrogens with two attached hydrogens (primary N) is 1. The van der Waals surface area contributed by atoms with Crippen molar-refractivity contribution in [3.8, 4) is 0 Å². The zero-order chi connectivity index (χ0) is 20.6. The molecule has 1 aromatic carbocycles. The maximum Gasteiger partial charge on any atom is 0.222 e. The number of carbonyl (C=O) groups excluding carboxylic acids is 1. The Kier molecular flexibility index (Phi) is 5.73. The van der Waals surface area contributed by atoms with Gasteiger partial charge in [-0.2, -0.15) is 4.39 Å². The molecular formula is C22H26F2N2O2S. The number of ether oxygens (including phenoxy) is 1. The third-order valence-electron chi connectivity index (χ3n) is 6.50. The van der Waals surface area contributed by atoms with Crippen LogP contribution in [-0.2, 0) is 28.0 Å². The Labute approximate surface area is 173 Å². The number of piperidine rings is 1. The van der Waals surface area contributed by atoms with E-state index in [1.54, 1.807) is 24.3 Å². The Hall–Kier alpha value is -1.83. The summed E-state index contributed by atoms with van der Waals surface area (Å²) in [4.78, 5) is 15.5. The van der Waals surface area contributed by atoms with Gasteiger partial charge in [-0.15, -0.1) is 11.3 Å². The summed E-state index contributed by atoms with van der Waals surface area (Å²) < 4.78 is 34.1. The van der Waals surface area contributed by atoms with E-state index >= 15 is 0 Å². The van der Waals surface area contributed by atoms with Crippen molar-refractivity contribution in [2.45, 2.75) is 44.2 Å². The van der Waals surface area contributed by atoms with Gasteiger partial charge in [-0.3, -0.25) is 9.69 Å². The summed E-state index contributed by atoms with van der Waals surface area (Å²) in [6.45, 7) is 4.03. The number of carbonyl (C=O) groups is 1. The van der Waals surface area contributed by atoms with Gasteiger partial charge >= 0.3 is 0 Å². The molecule has 2 unspecified atom stereocenters. The number of benzene rings is 1. The van der Waals surface area contributed by atoms with Gasteiger partial charge in [-0.05, 0) is 43.9 Å². The summed E-state index contributed by atoms with van der Waals surface area (Å²) in [6, 6.07) is 8.02. The average Bonchev–Trinajstić information content (AvgIpc) is 3.09. The van der Waals surface area contributed by atoms with Gasteiger partial charge in [0.1, 0.15) is 5.82 Å². The topological polar surface area (TPSA) is 55.6 Å². The van der Waals surface area contributed by atoms with Gasteiger partial charge in [-0.25, -0.2) is 4.39 Å². The second kappa shape index (κ2) is 8.13. The summed E-state index contributed by atoms with van der Waals surface area (Å²) in [5.41, 5.74) is 6.76. The average molecular weight is 421 g/mol. The van der Waals surface area contributed by atoms with Gasteiger partial charge in [0.05, 0.1) is 18.1 Å². The molecule has 2 aliphatic heterocycles. The van der Waals surface area contributed by atoms with E-state index in [0.29, 0.717) is 12.2 Å². The Morgan fingerprint density at radius 2 is 2.03 bits per heavy atom. The highest BCUT2D eigenvalue weighted by Crippen LogP contribution is 2.44. The summed E-state index contributed by atoms with van der Waals surface area (Å²) in [6.07, 6.45) is 2.52. The lowest BCUT2D eigenvalue weighted by molar-refractivity contribution is -0.126. The number of amides is 1. The van der Waals surface area contributed by atoms with Crippen LogP contribution in [0.2, 0.25) is 0 Å². The number of primary amides is 1. The van der Waals surface area contributed by atoms with Crippen molar-refractivity contribution in [3.05, 3.63) is 57.3 Å². The van der Waals surface area contributed by atoms with E-state index in [0.717, 1.165) is 42.8 Å². The SMILES string of the molecule is CC(C(Cc1ccccc1F)C(N)=O)N1CCC2(CC1)OCCc1sc(F)cc12. The summed E-state index contributed by atoms with van der Waals surface area (Å²) in [7, 11) is 0.